The van der Waals surface area contributed by atoms with Crippen LogP contribution in [0.2, 0.25) is 0 Å². The van der Waals surface area contributed by atoms with Gasteiger partial charge in [0, 0.05) is 13.1 Å². The molecule has 2 rings (SSSR count). The summed E-state index contributed by atoms with van der Waals surface area (Å²) in [6.07, 6.45) is 5.22. The summed E-state index contributed by atoms with van der Waals surface area (Å²) in [4.78, 5) is 2.30. The Labute approximate surface area is 96.9 Å². The third-order valence-electron chi connectivity index (χ3n) is 3.31. The van der Waals surface area contributed by atoms with Crippen LogP contribution in [0.15, 0.2) is 12.1 Å². The molecule has 0 atom stereocenters. The second kappa shape index (κ2) is 5.14. The number of nitrogens with zero attached hydrogens (tertiary/aromatic N) is 3. The second-order valence-electron chi connectivity index (χ2n) is 4.54. The number of aromatic nitrogens is 2. The molecule has 0 aromatic carbocycles. The molecule has 0 unspecified atom stereocenters. The van der Waals surface area contributed by atoms with Gasteiger partial charge >= 0.3 is 0 Å². The van der Waals surface area contributed by atoms with E-state index in [0.717, 1.165) is 24.8 Å². The van der Waals surface area contributed by atoms with E-state index in [0.29, 0.717) is 5.82 Å². The van der Waals surface area contributed by atoms with E-state index in [9.17, 15) is 0 Å². The van der Waals surface area contributed by atoms with Gasteiger partial charge in [-0.15, -0.1) is 10.2 Å². The largest absolute Gasteiger partial charge is 0.382 e. The Hall–Kier alpha value is -1.32. The lowest BCUT2D eigenvalue weighted by atomic mass is 9.92. The van der Waals surface area contributed by atoms with Crippen molar-refractivity contribution < 1.29 is 0 Å². The molecule has 4 heteroatoms. The molecule has 1 saturated heterocycles. The van der Waals surface area contributed by atoms with Crippen LogP contribution in [0.4, 0.5) is 11.6 Å². The summed E-state index contributed by atoms with van der Waals surface area (Å²) in [6.45, 7) is 4.46. The summed E-state index contributed by atoms with van der Waals surface area (Å²) in [5.41, 5.74) is 5.53. The first-order valence-electron chi connectivity index (χ1n) is 6.13. The Balaban J connectivity index is 1.91. The zero-order valence-electron chi connectivity index (χ0n) is 9.89. The lowest BCUT2D eigenvalue weighted by molar-refractivity contribution is 0.377. The van der Waals surface area contributed by atoms with Crippen molar-refractivity contribution in [1.82, 2.24) is 10.2 Å². The minimum atomic E-state index is 0.490. The van der Waals surface area contributed by atoms with Crippen molar-refractivity contribution in [2.45, 2.75) is 32.6 Å². The van der Waals surface area contributed by atoms with Gasteiger partial charge in [0.1, 0.15) is 5.82 Å². The van der Waals surface area contributed by atoms with Crippen LogP contribution >= 0.6 is 0 Å². The Kier molecular flexibility index (Phi) is 3.59. The summed E-state index contributed by atoms with van der Waals surface area (Å²) in [7, 11) is 0. The summed E-state index contributed by atoms with van der Waals surface area (Å²) >= 11 is 0. The molecule has 88 valence electrons. The third-order valence-corrected chi connectivity index (χ3v) is 3.31. The number of piperidine rings is 1. The predicted molar refractivity (Wildman–Crippen MR) is 66.3 cm³/mol. The molecule has 1 aliphatic rings. The van der Waals surface area contributed by atoms with Crippen molar-refractivity contribution in [2.75, 3.05) is 23.7 Å². The van der Waals surface area contributed by atoms with Gasteiger partial charge in [0.25, 0.3) is 0 Å². The van der Waals surface area contributed by atoms with Gasteiger partial charge in [0.15, 0.2) is 5.82 Å². The molecule has 1 aliphatic heterocycles. The maximum absolute atomic E-state index is 5.53. The van der Waals surface area contributed by atoms with Gasteiger partial charge < -0.3 is 10.6 Å². The Bertz CT molecular complexity index is 314. The van der Waals surface area contributed by atoms with Gasteiger partial charge in [-0.25, -0.2) is 0 Å². The summed E-state index contributed by atoms with van der Waals surface area (Å²) in [5, 5.41) is 8.02. The zero-order chi connectivity index (χ0) is 11.4. The number of rotatable bonds is 3. The zero-order valence-corrected chi connectivity index (χ0v) is 9.89. The highest BCUT2D eigenvalue weighted by atomic mass is 15.3. The van der Waals surface area contributed by atoms with Gasteiger partial charge in [-0.05, 0) is 30.9 Å². The summed E-state index contributed by atoms with van der Waals surface area (Å²) in [5.74, 6) is 2.36. The lowest BCUT2D eigenvalue weighted by Gasteiger charge is -2.32. The van der Waals surface area contributed by atoms with Crippen LogP contribution < -0.4 is 10.6 Å². The van der Waals surface area contributed by atoms with E-state index in [2.05, 4.69) is 22.0 Å². The average molecular weight is 220 g/mol. The molecule has 1 aromatic rings. The van der Waals surface area contributed by atoms with Crippen molar-refractivity contribution in [3.05, 3.63) is 12.1 Å². The van der Waals surface area contributed by atoms with Crippen molar-refractivity contribution in [2.24, 2.45) is 5.92 Å². The first-order valence-corrected chi connectivity index (χ1v) is 6.13. The number of nitrogen functional groups attached to an aromatic ring is 1. The van der Waals surface area contributed by atoms with Crippen molar-refractivity contribution in [3.63, 3.8) is 0 Å². The SMILES string of the molecule is CCCC1CCN(c2ccc(N)nn2)CC1. The van der Waals surface area contributed by atoms with E-state index in [1.54, 1.807) is 0 Å². The Morgan fingerprint density at radius 3 is 2.62 bits per heavy atom. The van der Waals surface area contributed by atoms with Crippen LogP contribution in [0.1, 0.15) is 32.6 Å². The maximum atomic E-state index is 5.53. The highest BCUT2D eigenvalue weighted by Gasteiger charge is 2.19. The highest BCUT2D eigenvalue weighted by molar-refractivity contribution is 5.41. The van der Waals surface area contributed by atoms with Gasteiger partial charge in [-0.1, -0.05) is 19.8 Å². The maximum Gasteiger partial charge on any atom is 0.151 e. The van der Waals surface area contributed by atoms with Crippen molar-refractivity contribution >= 4 is 11.6 Å². The Morgan fingerprint density at radius 2 is 2.06 bits per heavy atom. The molecular formula is C12H20N4. The molecule has 0 aliphatic carbocycles. The van der Waals surface area contributed by atoms with Crippen LogP contribution in [0.5, 0.6) is 0 Å². The minimum Gasteiger partial charge on any atom is -0.382 e. The standard InChI is InChI=1S/C12H20N4/c1-2-3-10-6-8-16(9-7-10)12-5-4-11(13)14-15-12/h4-5,10H,2-3,6-9H2,1H3,(H2,13,14). The molecule has 2 N–H and O–H groups in total. The fourth-order valence-corrected chi connectivity index (χ4v) is 2.36. The highest BCUT2D eigenvalue weighted by Crippen LogP contribution is 2.24. The summed E-state index contributed by atoms with van der Waals surface area (Å²) < 4.78 is 0. The molecule has 0 amide bonds. The molecule has 4 nitrogen and oxygen atoms in total. The first-order chi connectivity index (χ1) is 7.79. The quantitative estimate of drug-likeness (QED) is 0.847. The number of hydrogen-bond acceptors (Lipinski definition) is 4. The Morgan fingerprint density at radius 1 is 1.31 bits per heavy atom. The van der Waals surface area contributed by atoms with Crippen molar-refractivity contribution in [3.8, 4) is 0 Å². The van der Waals surface area contributed by atoms with E-state index < -0.39 is 0 Å². The fraction of sp³-hybridized carbons (Fsp3) is 0.667. The molecule has 1 aromatic heterocycles. The molecule has 1 fully saturated rings. The van der Waals surface area contributed by atoms with E-state index >= 15 is 0 Å². The van der Waals surface area contributed by atoms with Crippen LogP contribution in [-0.4, -0.2) is 23.3 Å². The van der Waals surface area contributed by atoms with Gasteiger partial charge in [0.05, 0.1) is 0 Å². The van der Waals surface area contributed by atoms with E-state index in [4.69, 9.17) is 5.73 Å². The molecule has 0 spiro atoms. The van der Waals surface area contributed by atoms with Crippen LogP contribution in [0.3, 0.4) is 0 Å². The topological polar surface area (TPSA) is 55.0 Å². The number of hydrogen-bond donors (Lipinski definition) is 1. The first kappa shape index (κ1) is 11.2. The smallest absolute Gasteiger partial charge is 0.151 e. The predicted octanol–water partition coefficient (Wildman–Crippen LogP) is 2.08. The molecule has 2 heterocycles. The number of anilines is 2. The fourth-order valence-electron chi connectivity index (χ4n) is 2.36. The molecule has 0 bridgehead atoms. The van der Waals surface area contributed by atoms with E-state index in [-0.39, 0.29) is 0 Å². The van der Waals surface area contributed by atoms with Gasteiger partial charge in [-0.3, -0.25) is 0 Å². The van der Waals surface area contributed by atoms with Gasteiger partial charge in [-0.2, -0.15) is 0 Å². The average Bonchev–Trinajstić information content (AvgIpc) is 2.32. The normalized spacial score (nSPS) is 17.7. The minimum absolute atomic E-state index is 0.490. The van der Waals surface area contributed by atoms with E-state index in [1.807, 2.05) is 12.1 Å². The molecular weight excluding hydrogens is 200 g/mol. The molecule has 0 radical (unpaired) electrons. The van der Waals surface area contributed by atoms with Crippen molar-refractivity contribution in [1.29, 1.82) is 0 Å². The van der Waals surface area contributed by atoms with Crippen LogP contribution in [0.25, 0.3) is 0 Å². The monoisotopic (exact) mass is 220 g/mol. The third kappa shape index (κ3) is 2.62. The lowest BCUT2D eigenvalue weighted by Crippen LogP contribution is -2.34. The van der Waals surface area contributed by atoms with E-state index in [1.165, 1.54) is 25.7 Å². The second-order valence-corrected chi connectivity index (χ2v) is 4.54. The molecule has 0 saturated carbocycles. The molecule has 16 heavy (non-hydrogen) atoms. The summed E-state index contributed by atoms with van der Waals surface area (Å²) in [6, 6.07) is 3.78. The van der Waals surface area contributed by atoms with Gasteiger partial charge in [0.2, 0.25) is 0 Å². The van der Waals surface area contributed by atoms with Crippen LogP contribution in [-0.2, 0) is 0 Å². The number of nitrogens with two attached hydrogens (primary N) is 1. The van der Waals surface area contributed by atoms with Crippen LogP contribution in [0, 0.1) is 5.92 Å².